The second kappa shape index (κ2) is 8.37. The Balaban J connectivity index is 1.59. The topological polar surface area (TPSA) is 115 Å². The van der Waals surface area contributed by atoms with E-state index in [4.69, 9.17) is 0 Å². The highest BCUT2D eigenvalue weighted by atomic mass is 16.4. The van der Waals surface area contributed by atoms with Gasteiger partial charge in [-0.15, -0.1) is 0 Å². The van der Waals surface area contributed by atoms with Gasteiger partial charge in [-0.2, -0.15) is 0 Å². The second-order valence-corrected chi connectivity index (χ2v) is 8.47. The number of rotatable bonds is 6. The van der Waals surface area contributed by atoms with Crippen LogP contribution in [-0.2, 0) is 9.59 Å². The number of carbonyl (C=O) groups excluding carboxylic acids is 2. The van der Waals surface area contributed by atoms with Gasteiger partial charge >= 0.3 is 5.97 Å². The first-order chi connectivity index (χ1) is 14.8. The number of H-pyrrole nitrogens is 1. The summed E-state index contributed by atoms with van der Waals surface area (Å²) in [6.07, 6.45) is 3.11. The van der Waals surface area contributed by atoms with E-state index in [1.807, 2.05) is 38.1 Å². The largest absolute Gasteiger partial charge is 0.480 e. The van der Waals surface area contributed by atoms with E-state index in [1.54, 1.807) is 12.3 Å². The van der Waals surface area contributed by atoms with Crippen molar-refractivity contribution < 1.29 is 19.5 Å². The van der Waals surface area contributed by atoms with Crippen molar-refractivity contribution in [3.63, 3.8) is 0 Å². The number of para-hydroxylation sites is 1. The van der Waals surface area contributed by atoms with Crippen molar-refractivity contribution in [2.45, 2.75) is 45.2 Å². The predicted octanol–water partition coefficient (Wildman–Crippen LogP) is 2.94. The molecule has 3 heterocycles. The van der Waals surface area contributed by atoms with Crippen molar-refractivity contribution in [3.8, 4) is 0 Å². The van der Waals surface area contributed by atoms with Crippen molar-refractivity contribution in [3.05, 3.63) is 42.2 Å². The van der Waals surface area contributed by atoms with Gasteiger partial charge in [-0.1, -0.05) is 32.0 Å². The number of fused-ring (bicyclic) bond motifs is 3. The fraction of sp³-hybridized carbons (Fsp3) is 0.391. The third kappa shape index (κ3) is 4.10. The lowest BCUT2D eigenvalue weighted by atomic mass is 10.0. The number of hydrogen-bond acceptors (Lipinski definition) is 4. The van der Waals surface area contributed by atoms with Gasteiger partial charge in [-0.05, 0) is 37.3 Å². The smallest absolute Gasteiger partial charge is 0.326 e. The van der Waals surface area contributed by atoms with Gasteiger partial charge in [-0.3, -0.25) is 9.59 Å². The van der Waals surface area contributed by atoms with Crippen molar-refractivity contribution in [1.82, 2.24) is 20.2 Å². The summed E-state index contributed by atoms with van der Waals surface area (Å²) < 4.78 is 0. The third-order valence-electron chi connectivity index (χ3n) is 5.75. The normalized spacial score (nSPS) is 17.4. The Labute approximate surface area is 179 Å². The first kappa shape index (κ1) is 20.8. The summed E-state index contributed by atoms with van der Waals surface area (Å²) >= 11 is 0. The first-order valence-electron chi connectivity index (χ1n) is 10.6. The van der Waals surface area contributed by atoms with Gasteiger partial charge in [0.25, 0.3) is 5.91 Å². The minimum atomic E-state index is -1.01. The number of aromatic nitrogens is 2. The first-order valence-corrected chi connectivity index (χ1v) is 10.6. The van der Waals surface area contributed by atoms with Gasteiger partial charge in [0.05, 0.1) is 11.7 Å². The zero-order valence-electron chi connectivity index (χ0n) is 17.6. The van der Waals surface area contributed by atoms with E-state index < -0.39 is 24.0 Å². The van der Waals surface area contributed by atoms with Crippen LogP contribution in [0.5, 0.6) is 0 Å². The number of pyridine rings is 1. The minimum absolute atomic E-state index is 0.143. The van der Waals surface area contributed by atoms with Crippen LogP contribution in [-0.4, -0.2) is 56.4 Å². The standard InChI is InChI=1S/C23H26N4O4/c1-13(2)10-18(22(29)27-9-5-8-20(27)23(30)31)26-21(28)17-11-15-14-6-3-4-7-16(14)25-19(15)12-24-17/h3-4,6-7,11-13,18,20,25H,5,8-10H2,1-2H3,(H,26,28)(H,30,31). The van der Waals surface area contributed by atoms with E-state index in [0.29, 0.717) is 25.8 Å². The van der Waals surface area contributed by atoms with Gasteiger partial charge in [0.1, 0.15) is 17.8 Å². The maximum absolute atomic E-state index is 13.1. The summed E-state index contributed by atoms with van der Waals surface area (Å²) in [4.78, 5) is 46.6. The summed E-state index contributed by atoms with van der Waals surface area (Å²) in [5, 5.41) is 14.1. The number of amides is 2. The number of benzene rings is 1. The zero-order valence-corrected chi connectivity index (χ0v) is 17.6. The van der Waals surface area contributed by atoms with E-state index in [0.717, 1.165) is 21.8 Å². The predicted molar refractivity (Wildman–Crippen MR) is 117 cm³/mol. The Morgan fingerprint density at radius 2 is 2.00 bits per heavy atom. The van der Waals surface area contributed by atoms with Crippen LogP contribution < -0.4 is 5.32 Å². The molecule has 1 aromatic carbocycles. The number of carboxylic acid groups (broad SMARTS) is 1. The second-order valence-electron chi connectivity index (χ2n) is 8.47. The van der Waals surface area contributed by atoms with E-state index in [-0.39, 0.29) is 17.5 Å². The number of carbonyl (C=O) groups is 3. The third-order valence-corrected chi connectivity index (χ3v) is 5.75. The van der Waals surface area contributed by atoms with Crippen LogP contribution in [0.15, 0.2) is 36.5 Å². The zero-order chi connectivity index (χ0) is 22.1. The maximum atomic E-state index is 13.1. The molecule has 0 spiro atoms. The molecule has 1 aliphatic heterocycles. The van der Waals surface area contributed by atoms with Crippen LogP contribution in [0.3, 0.4) is 0 Å². The Bertz CT molecular complexity index is 1150. The van der Waals surface area contributed by atoms with Gasteiger partial charge in [0, 0.05) is 22.8 Å². The molecule has 2 atom stereocenters. The number of likely N-dealkylation sites (tertiary alicyclic amines) is 1. The molecule has 2 amide bonds. The molecule has 4 rings (SSSR count). The Morgan fingerprint density at radius 3 is 2.74 bits per heavy atom. The van der Waals surface area contributed by atoms with Gasteiger partial charge in [0.2, 0.25) is 5.91 Å². The SMILES string of the molecule is CC(C)CC(NC(=O)c1cc2c(cn1)[nH]c1ccccc12)C(=O)N1CCCC1C(=O)O. The summed E-state index contributed by atoms with van der Waals surface area (Å²) in [5.41, 5.74) is 2.00. The number of aliphatic carboxylic acids is 1. The average Bonchev–Trinajstić information content (AvgIpc) is 3.37. The highest BCUT2D eigenvalue weighted by molar-refractivity contribution is 6.09. The fourth-order valence-corrected chi connectivity index (χ4v) is 4.29. The van der Waals surface area contributed by atoms with Crippen LogP contribution >= 0.6 is 0 Å². The highest BCUT2D eigenvalue weighted by Gasteiger charge is 2.37. The minimum Gasteiger partial charge on any atom is -0.480 e. The van der Waals surface area contributed by atoms with E-state index in [1.165, 1.54) is 4.90 Å². The summed E-state index contributed by atoms with van der Waals surface area (Å²) in [6, 6.07) is 7.89. The van der Waals surface area contributed by atoms with Crippen LogP contribution in [0.4, 0.5) is 0 Å². The molecule has 8 heteroatoms. The lowest BCUT2D eigenvalue weighted by molar-refractivity contribution is -0.149. The molecular weight excluding hydrogens is 396 g/mol. The lowest BCUT2D eigenvalue weighted by Gasteiger charge is -2.28. The molecule has 0 bridgehead atoms. The van der Waals surface area contributed by atoms with E-state index >= 15 is 0 Å². The fourth-order valence-electron chi connectivity index (χ4n) is 4.29. The van der Waals surface area contributed by atoms with Gasteiger partial charge in [0.15, 0.2) is 0 Å². The van der Waals surface area contributed by atoms with Crippen molar-refractivity contribution in [2.24, 2.45) is 5.92 Å². The monoisotopic (exact) mass is 422 g/mol. The van der Waals surface area contributed by atoms with Crippen LogP contribution in [0.25, 0.3) is 21.8 Å². The van der Waals surface area contributed by atoms with Crippen LogP contribution in [0.2, 0.25) is 0 Å². The van der Waals surface area contributed by atoms with Gasteiger partial charge in [-0.25, -0.2) is 9.78 Å². The number of nitrogens with zero attached hydrogens (tertiary/aromatic N) is 2. The molecule has 2 unspecified atom stereocenters. The quantitative estimate of drug-likeness (QED) is 0.565. The van der Waals surface area contributed by atoms with Crippen LogP contribution in [0, 0.1) is 5.92 Å². The molecule has 1 saturated heterocycles. The van der Waals surface area contributed by atoms with Gasteiger partial charge < -0.3 is 20.3 Å². The van der Waals surface area contributed by atoms with Crippen molar-refractivity contribution >= 4 is 39.6 Å². The highest BCUT2D eigenvalue weighted by Crippen LogP contribution is 2.25. The van der Waals surface area contributed by atoms with E-state index in [2.05, 4.69) is 15.3 Å². The number of hydrogen-bond donors (Lipinski definition) is 3. The molecule has 3 N–H and O–H groups in total. The molecule has 0 radical (unpaired) electrons. The number of carboxylic acids is 1. The van der Waals surface area contributed by atoms with Crippen LogP contribution in [0.1, 0.15) is 43.6 Å². The summed E-state index contributed by atoms with van der Waals surface area (Å²) in [5.74, 6) is -1.66. The molecule has 0 saturated carbocycles. The summed E-state index contributed by atoms with van der Waals surface area (Å²) in [6.45, 7) is 4.31. The van der Waals surface area contributed by atoms with E-state index in [9.17, 15) is 19.5 Å². The Hall–Kier alpha value is -3.42. The molecule has 8 nitrogen and oxygen atoms in total. The lowest BCUT2D eigenvalue weighted by Crippen LogP contribution is -2.52. The van der Waals surface area contributed by atoms with Crippen molar-refractivity contribution in [1.29, 1.82) is 0 Å². The molecule has 2 aromatic heterocycles. The number of nitrogens with one attached hydrogen (secondary N) is 2. The molecule has 3 aromatic rings. The molecular formula is C23H26N4O4. The van der Waals surface area contributed by atoms with Crippen molar-refractivity contribution in [2.75, 3.05) is 6.54 Å². The molecule has 1 aliphatic rings. The number of aromatic amines is 1. The maximum Gasteiger partial charge on any atom is 0.326 e. The summed E-state index contributed by atoms with van der Waals surface area (Å²) in [7, 11) is 0. The Morgan fingerprint density at radius 1 is 1.23 bits per heavy atom. The molecule has 0 aliphatic carbocycles. The molecule has 162 valence electrons. The molecule has 31 heavy (non-hydrogen) atoms. The molecule has 1 fully saturated rings. The average molecular weight is 422 g/mol. The Kier molecular flexibility index (Phi) is 5.63.